The Kier molecular flexibility index (Phi) is 6.05. The van der Waals surface area contributed by atoms with Gasteiger partial charge in [-0.2, -0.15) is 0 Å². The van der Waals surface area contributed by atoms with Crippen molar-refractivity contribution < 1.29 is 14.6 Å². The minimum Gasteiger partial charge on any atom is -0.497 e. The van der Waals surface area contributed by atoms with E-state index in [1.54, 1.807) is 18.1 Å². The molecule has 6 heteroatoms. The summed E-state index contributed by atoms with van der Waals surface area (Å²) in [6.45, 7) is 1.21. The second-order valence-electron chi connectivity index (χ2n) is 7.09. The van der Waals surface area contributed by atoms with Crippen LogP contribution < -0.4 is 9.64 Å². The number of hydrogen-bond donors (Lipinski definition) is 1. The van der Waals surface area contributed by atoms with E-state index in [0.717, 1.165) is 22.6 Å². The first-order chi connectivity index (χ1) is 12.9. The van der Waals surface area contributed by atoms with Crippen molar-refractivity contribution in [1.29, 1.82) is 0 Å². The molecule has 1 N–H and O–H groups in total. The van der Waals surface area contributed by atoms with Gasteiger partial charge < -0.3 is 19.6 Å². The summed E-state index contributed by atoms with van der Waals surface area (Å²) in [4.78, 5) is 16.8. The quantitative estimate of drug-likeness (QED) is 0.855. The van der Waals surface area contributed by atoms with Gasteiger partial charge >= 0.3 is 0 Å². The first-order valence-corrected chi connectivity index (χ1v) is 9.35. The van der Waals surface area contributed by atoms with Crippen molar-refractivity contribution in [3.63, 3.8) is 0 Å². The molecule has 0 spiro atoms. The maximum atomic E-state index is 13.1. The summed E-state index contributed by atoms with van der Waals surface area (Å²) in [5.74, 6) is 0.118. The molecule has 144 valence electrons. The molecule has 0 unspecified atom stereocenters. The lowest BCUT2D eigenvalue weighted by atomic mass is 9.88. The van der Waals surface area contributed by atoms with Crippen LogP contribution in [0.15, 0.2) is 42.5 Å². The molecular weight excluding hydrogens is 364 g/mol. The fourth-order valence-electron chi connectivity index (χ4n) is 3.46. The maximum absolute atomic E-state index is 13.1. The van der Waals surface area contributed by atoms with Crippen molar-refractivity contribution in [1.82, 2.24) is 4.90 Å². The molecule has 3 rings (SSSR count). The summed E-state index contributed by atoms with van der Waals surface area (Å²) in [5, 5.41) is 11.5. The van der Waals surface area contributed by atoms with Crippen LogP contribution in [0, 0.1) is 0 Å². The fraction of sp³-hybridized carbons (Fsp3) is 0.381. The highest BCUT2D eigenvalue weighted by molar-refractivity contribution is 6.30. The summed E-state index contributed by atoms with van der Waals surface area (Å²) in [7, 11) is 5.53. The Morgan fingerprint density at radius 1 is 1.22 bits per heavy atom. The molecular formula is C21H25ClN2O3. The van der Waals surface area contributed by atoms with Crippen LogP contribution in [0.1, 0.15) is 17.0 Å². The maximum Gasteiger partial charge on any atom is 0.256 e. The molecule has 1 heterocycles. The van der Waals surface area contributed by atoms with E-state index in [0.29, 0.717) is 24.5 Å². The first-order valence-electron chi connectivity index (χ1n) is 8.97. The molecule has 0 saturated heterocycles. The summed E-state index contributed by atoms with van der Waals surface area (Å²) in [5.41, 5.74) is 2.69. The number of amides is 1. The molecule has 0 fully saturated rings. The van der Waals surface area contributed by atoms with E-state index >= 15 is 0 Å². The van der Waals surface area contributed by atoms with Crippen molar-refractivity contribution in [2.24, 2.45) is 0 Å². The first kappa shape index (κ1) is 19.7. The number of aliphatic hydroxyl groups is 1. The molecule has 0 saturated carbocycles. The van der Waals surface area contributed by atoms with Gasteiger partial charge in [0.05, 0.1) is 7.11 Å². The van der Waals surface area contributed by atoms with E-state index < -0.39 is 6.10 Å². The molecule has 0 aliphatic carbocycles. The highest BCUT2D eigenvalue weighted by atomic mass is 35.5. The molecule has 2 aromatic rings. The zero-order chi connectivity index (χ0) is 19.6. The van der Waals surface area contributed by atoms with Crippen LogP contribution in [0.4, 0.5) is 5.69 Å². The second-order valence-corrected chi connectivity index (χ2v) is 7.53. The predicted molar refractivity (Wildman–Crippen MR) is 108 cm³/mol. The lowest BCUT2D eigenvalue weighted by molar-refractivity contribution is -0.127. The van der Waals surface area contributed by atoms with Crippen LogP contribution in [0.25, 0.3) is 0 Å². The summed E-state index contributed by atoms with van der Waals surface area (Å²) in [6.07, 6.45) is -0.583. The molecule has 0 radical (unpaired) electrons. The number of aliphatic hydroxyl groups excluding tert-OH is 1. The molecule has 0 bridgehead atoms. The number of likely N-dealkylation sites (N-methyl/N-ethyl adjacent to an activating group) is 1. The number of ether oxygens (including phenoxy) is 1. The highest BCUT2D eigenvalue weighted by Gasteiger charge is 2.36. The molecule has 1 amide bonds. The van der Waals surface area contributed by atoms with E-state index in [1.807, 2.05) is 55.4 Å². The lowest BCUT2D eigenvalue weighted by Gasteiger charge is -2.27. The number of carbonyl (C=O) groups excluding carboxylic acids is 1. The highest BCUT2D eigenvalue weighted by Crippen LogP contribution is 2.36. The van der Waals surface area contributed by atoms with Crippen LogP contribution in [0.5, 0.6) is 5.75 Å². The monoisotopic (exact) mass is 388 g/mol. The van der Waals surface area contributed by atoms with Gasteiger partial charge in [0.2, 0.25) is 0 Å². The van der Waals surface area contributed by atoms with E-state index in [-0.39, 0.29) is 11.8 Å². The predicted octanol–water partition coefficient (Wildman–Crippen LogP) is 2.94. The molecule has 2 atom stereocenters. The topological polar surface area (TPSA) is 53.0 Å². The number of halogens is 1. The van der Waals surface area contributed by atoms with Gasteiger partial charge in [0, 0.05) is 29.7 Å². The Labute approximate surface area is 165 Å². The Morgan fingerprint density at radius 3 is 2.56 bits per heavy atom. The van der Waals surface area contributed by atoms with Crippen molar-refractivity contribution in [2.45, 2.75) is 18.4 Å². The van der Waals surface area contributed by atoms with Crippen LogP contribution in [0.3, 0.4) is 0 Å². The molecule has 1 aliphatic heterocycles. The fourth-order valence-corrected chi connectivity index (χ4v) is 3.66. The van der Waals surface area contributed by atoms with Crippen LogP contribution in [0.2, 0.25) is 5.02 Å². The van der Waals surface area contributed by atoms with Crippen molar-refractivity contribution in [3.8, 4) is 5.75 Å². The Balaban J connectivity index is 2.01. The third kappa shape index (κ3) is 4.26. The Bertz CT molecular complexity index is 808. The molecule has 0 aromatic heterocycles. The summed E-state index contributed by atoms with van der Waals surface area (Å²) >= 11 is 6.22. The molecule has 2 aromatic carbocycles. The molecule has 27 heavy (non-hydrogen) atoms. The molecule has 5 nitrogen and oxygen atoms in total. The van der Waals surface area contributed by atoms with Gasteiger partial charge in [-0.3, -0.25) is 4.79 Å². The van der Waals surface area contributed by atoms with Gasteiger partial charge in [0.25, 0.3) is 5.91 Å². The smallest absolute Gasteiger partial charge is 0.256 e. The lowest BCUT2D eigenvalue weighted by Crippen LogP contribution is -2.43. The van der Waals surface area contributed by atoms with Crippen molar-refractivity contribution in [2.75, 3.05) is 39.2 Å². The van der Waals surface area contributed by atoms with Gasteiger partial charge in [0.1, 0.15) is 11.9 Å². The van der Waals surface area contributed by atoms with E-state index in [9.17, 15) is 9.90 Å². The largest absolute Gasteiger partial charge is 0.497 e. The van der Waals surface area contributed by atoms with Gasteiger partial charge in [0.15, 0.2) is 0 Å². The summed E-state index contributed by atoms with van der Waals surface area (Å²) in [6, 6.07) is 13.0. The van der Waals surface area contributed by atoms with Gasteiger partial charge in [-0.1, -0.05) is 23.7 Å². The number of fused-ring (bicyclic) bond motifs is 1. The van der Waals surface area contributed by atoms with Crippen LogP contribution in [-0.2, 0) is 11.2 Å². The van der Waals surface area contributed by atoms with Crippen LogP contribution in [-0.4, -0.2) is 56.3 Å². The third-order valence-corrected chi connectivity index (χ3v) is 5.22. The third-order valence-electron chi connectivity index (χ3n) is 4.99. The minimum absolute atomic E-state index is 0.279. The average molecular weight is 389 g/mol. The zero-order valence-electron chi connectivity index (χ0n) is 15.9. The number of nitrogens with zero attached hydrogens (tertiary/aromatic N) is 2. The van der Waals surface area contributed by atoms with Crippen molar-refractivity contribution >= 4 is 23.2 Å². The normalized spacial score (nSPS) is 19.8. The average Bonchev–Trinajstić information content (AvgIpc) is 2.75. The Hall–Kier alpha value is -2.08. The van der Waals surface area contributed by atoms with Gasteiger partial charge in [-0.15, -0.1) is 0 Å². The zero-order valence-corrected chi connectivity index (χ0v) is 16.6. The van der Waals surface area contributed by atoms with Gasteiger partial charge in [-0.05, 0) is 62.0 Å². The number of methoxy groups -OCH3 is 1. The van der Waals surface area contributed by atoms with Crippen molar-refractivity contribution in [3.05, 3.63) is 58.6 Å². The Morgan fingerprint density at radius 2 is 1.93 bits per heavy atom. The SMILES string of the molecule is COc1ccc([C@H]2Cc3cc(Cl)ccc3N(CCN(C)C)C(=O)[C@H]2O)cc1. The number of carbonyl (C=O) groups is 1. The number of benzene rings is 2. The van der Waals surface area contributed by atoms with E-state index in [2.05, 4.69) is 0 Å². The molecule has 1 aliphatic rings. The van der Waals surface area contributed by atoms with Gasteiger partial charge in [-0.25, -0.2) is 0 Å². The number of rotatable bonds is 5. The number of hydrogen-bond acceptors (Lipinski definition) is 4. The van der Waals surface area contributed by atoms with E-state index in [1.165, 1.54) is 0 Å². The second kappa shape index (κ2) is 8.30. The van der Waals surface area contributed by atoms with Crippen LogP contribution >= 0.6 is 11.6 Å². The minimum atomic E-state index is -1.12. The summed E-state index contributed by atoms with van der Waals surface area (Å²) < 4.78 is 5.21. The standard InChI is InChI=1S/C21H25ClN2O3/c1-23(2)10-11-24-19-9-6-16(22)12-15(19)13-18(20(25)21(24)26)14-4-7-17(27-3)8-5-14/h4-9,12,18,20,25H,10-11,13H2,1-3H3/t18-,20+/m1/s1. The number of anilines is 1. The van der Waals surface area contributed by atoms with E-state index in [4.69, 9.17) is 16.3 Å².